The maximum atomic E-state index is 14.2. The third-order valence-electron chi connectivity index (χ3n) is 5.48. The molecule has 0 unspecified atom stereocenters. The summed E-state index contributed by atoms with van der Waals surface area (Å²) in [5.41, 5.74) is 2.95. The van der Waals surface area contributed by atoms with E-state index in [4.69, 9.17) is 16.3 Å². The zero-order valence-corrected chi connectivity index (χ0v) is 19.1. The lowest BCUT2D eigenvalue weighted by atomic mass is 10.0. The van der Waals surface area contributed by atoms with E-state index >= 15 is 0 Å². The van der Waals surface area contributed by atoms with Gasteiger partial charge in [0, 0.05) is 42.5 Å². The van der Waals surface area contributed by atoms with Gasteiger partial charge in [-0.15, -0.1) is 11.8 Å². The number of methoxy groups -OCH3 is 1. The molecule has 0 amide bonds. The summed E-state index contributed by atoms with van der Waals surface area (Å²) < 4.78 is 19.6. The number of anilines is 2. The molecule has 1 aromatic heterocycles. The molecule has 1 aliphatic heterocycles. The van der Waals surface area contributed by atoms with E-state index in [-0.39, 0.29) is 5.02 Å². The standard InChI is InChI=1S/C23H24ClFN4OS/c1-4-31-13-12-28(2)22-16-10-11-29(14-18(16)26-23(27-22)30-3)19-7-5-6-15-8-9-17(25)21(24)20(15)19/h4-9H,1,10-14H2,2-3H3. The number of fused-ring (bicyclic) bond motifs is 2. The van der Waals surface area contributed by atoms with Crippen LogP contribution in [0.25, 0.3) is 10.8 Å². The van der Waals surface area contributed by atoms with E-state index in [9.17, 15) is 4.39 Å². The maximum Gasteiger partial charge on any atom is 0.318 e. The molecule has 8 heteroatoms. The van der Waals surface area contributed by atoms with Crippen molar-refractivity contribution in [2.24, 2.45) is 0 Å². The first-order valence-corrected chi connectivity index (χ1v) is 11.4. The summed E-state index contributed by atoms with van der Waals surface area (Å²) >= 11 is 8.04. The third-order valence-corrected chi connectivity index (χ3v) is 6.51. The summed E-state index contributed by atoms with van der Waals surface area (Å²) in [4.78, 5) is 13.6. The third kappa shape index (κ3) is 4.29. The van der Waals surface area contributed by atoms with Gasteiger partial charge in [0.15, 0.2) is 0 Å². The zero-order chi connectivity index (χ0) is 22.0. The number of ether oxygens (including phenoxy) is 1. The molecule has 1 aliphatic rings. The van der Waals surface area contributed by atoms with Gasteiger partial charge in [0.25, 0.3) is 0 Å². The van der Waals surface area contributed by atoms with Crippen LogP contribution in [0.5, 0.6) is 6.01 Å². The zero-order valence-electron chi connectivity index (χ0n) is 17.6. The Morgan fingerprint density at radius 3 is 2.94 bits per heavy atom. The summed E-state index contributed by atoms with van der Waals surface area (Å²) in [7, 11) is 3.61. The van der Waals surface area contributed by atoms with Gasteiger partial charge in [-0.1, -0.05) is 36.4 Å². The van der Waals surface area contributed by atoms with Crippen LogP contribution in [0, 0.1) is 5.82 Å². The van der Waals surface area contributed by atoms with Crippen molar-refractivity contribution in [1.82, 2.24) is 9.97 Å². The van der Waals surface area contributed by atoms with E-state index < -0.39 is 5.82 Å². The van der Waals surface area contributed by atoms with Crippen molar-refractivity contribution >= 4 is 45.6 Å². The molecule has 0 radical (unpaired) electrons. The van der Waals surface area contributed by atoms with Crippen LogP contribution in [-0.2, 0) is 13.0 Å². The molecule has 0 spiro atoms. The van der Waals surface area contributed by atoms with Crippen molar-refractivity contribution in [3.05, 3.63) is 64.4 Å². The molecule has 5 nitrogen and oxygen atoms in total. The van der Waals surface area contributed by atoms with Crippen LogP contribution in [0.15, 0.2) is 42.3 Å². The molecule has 162 valence electrons. The molecule has 0 fully saturated rings. The topological polar surface area (TPSA) is 41.5 Å². The number of rotatable bonds is 7. The van der Waals surface area contributed by atoms with E-state index in [0.717, 1.165) is 58.8 Å². The van der Waals surface area contributed by atoms with Crippen molar-refractivity contribution in [3.8, 4) is 6.01 Å². The summed E-state index contributed by atoms with van der Waals surface area (Å²) in [5.74, 6) is 1.41. The van der Waals surface area contributed by atoms with Crippen molar-refractivity contribution in [1.29, 1.82) is 0 Å². The van der Waals surface area contributed by atoms with Gasteiger partial charge in [-0.05, 0) is 29.3 Å². The predicted octanol–water partition coefficient (Wildman–Crippen LogP) is 5.31. The molecule has 4 rings (SSSR count). The highest BCUT2D eigenvalue weighted by Crippen LogP contribution is 2.37. The highest BCUT2D eigenvalue weighted by Gasteiger charge is 2.26. The lowest BCUT2D eigenvalue weighted by Gasteiger charge is -2.33. The normalized spacial score (nSPS) is 13.2. The minimum absolute atomic E-state index is 0.152. The highest BCUT2D eigenvalue weighted by molar-refractivity contribution is 8.02. The quantitative estimate of drug-likeness (QED) is 0.447. The van der Waals surface area contributed by atoms with Crippen molar-refractivity contribution in [2.75, 3.05) is 42.8 Å². The van der Waals surface area contributed by atoms with Crippen LogP contribution in [0.2, 0.25) is 5.02 Å². The first-order valence-electron chi connectivity index (χ1n) is 10.0. The largest absolute Gasteiger partial charge is 0.467 e. The Bertz CT molecular complexity index is 1130. The number of nitrogens with zero attached hydrogens (tertiary/aromatic N) is 4. The van der Waals surface area contributed by atoms with Gasteiger partial charge in [0.2, 0.25) is 0 Å². The number of thioether (sulfide) groups is 1. The molecule has 0 bridgehead atoms. The Balaban J connectivity index is 1.71. The molecule has 0 aliphatic carbocycles. The van der Waals surface area contributed by atoms with Crippen LogP contribution in [0.1, 0.15) is 11.3 Å². The monoisotopic (exact) mass is 458 g/mol. The van der Waals surface area contributed by atoms with Crippen LogP contribution in [0.3, 0.4) is 0 Å². The SMILES string of the molecule is C=CSCCN(C)c1nc(OC)nc2c1CCN(c1cccc3ccc(F)c(Cl)c13)C2. The Morgan fingerprint density at radius 2 is 2.16 bits per heavy atom. The van der Waals surface area contributed by atoms with Gasteiger partial charge >= 0.3 is 6.01 Å². The minimum Gasteiger partial charge on any atom is -0.467 e. The van der Waals surface area contributed by atoms with Crippen LogP contribution < -0.4 is 14.5 Å². The van der Waals surface area contributed by atoms with E-state index in [0.29, 0.717) is 12.6 Å². The average Bonchev–Trinajstić information content (AvgIpc) is 2.80. The smallest absolute Gasteiger partial charge is 0.318 e. The van der Waals surface area contributed by atoms with Gasteiger partial charge in [-0.3, -0.25) is 0 Å². The van der Waals surface area contributed by atoms with E-state index in [1.54, 1.807) is 24.9 Å². The van der Waals surface area contributed by atoms with E-state index in [2.05, 4.69) is 26.3 Å². The molecule has 2 heterocycles. The lowest BCUT2D eigenvalue weighted by Crippen LogP contribution is -2.34. The number of benzene rings is 2. The summed E-state index contributed by atoms with van der Waals surface area (Å²) in [6.07, 6.45) is 0.775. The van der Waals surface area contributed by atoms with E-state index in [1.807, 2.05) is 30.7 Å². The molecule has 0 atom stereocenters. The predicted molar refractivity (Wildman–Crippen MR) is 128 cm³/mol. The van der Waals surface area contributed by atoms with Crippen molar-refractivity contribution < 1.29 is 9.13 Å². The second-order valence-corrected chi connectivity index (χ2v) is 8.78. The fraction of sp³-hybridized carbons (Fsp3) is 0.304. The molecule has 0 N–H and O–H groups in total. The van der Waals surface area contributed by atoms with Crippen LogP contribution >= 0.6 is 23.4 Å². The second-order valence-electron chi connectivity index (χ2n) is 7.33. The molecule has 3 aromatic rings. The van der Waals surface area contributed by atoms with Crippen molar-refractivity contribution in [3.63, 3.8) is 0 Å². The first kappa shape index (κ1) is 21.7. The fourth-order valence-corrected chi connectivity index (χ4v) is 4.75. The summed E-state index contributed by atoms with van der Waals surface area (Å²) in [6, 6.07) is 9.42. The van der Waals surface area contributed by atoms with E-state index in [1.165, 1.54) is 6.07 Å². The molecule has 2 aromatic carbocycles. The van der Waals surface area contributed by atoms with Gasteiger partial charge in [-0.25, -0.2) is 4.39 Å². The van der Waals surface area contributed by atoms with Crippen LogP contribution in [0.4, 0.5) is 15.9 Å². The Labute approximate surface area is 190 Å². The van der Waals surface area contributed by atoms with Gasteiger partial charge in [-0.2, -0.15) is 9.97 Å². The van der Waals surface area contributed by atoms with Gasteiger partial charge in [0.05, 0.1) is 24.4 Å². The average molecular weight is 459 g/mol. The molecule has 0 saturated heterocycles. The first-order chi connectivity index (χ1) is 15.0. The van der Waals surface area contributed by atoms with Crippen LogP contribution in [-0.4, -0.2) is 43.0 Å². The molecular formula is C23H24ClFN4OS. The summed E-state index contributed by atoms with van der Waals surface area (Å²) in [5, 5.41) is 3.64. The van der Waals surface area contributed by atoms with Crippen molar-refractivity contribution in [2.45, 2.75) is 13.0 Å². The Morgan fingerprint density at radius 1 is 1.32 bits per heavy atom. The summed E-state index contributed by atoms with van der Waals surface area (Å²) in [6.45, 7) is 5.93. The number of halogens is 2. The number of hydrogen-bond acceptors (Lipinski definition) is 6. The van der Waals surface area contributed by atoms with Gasteiger partial charge < -0.3 is 14.5 Å². The minimum atomic E-state index is -0.413. The number of hydrogen-bond donors (Lipinski definition) is 0. The lowest BCUT2D eigenvalue weighted by molar-refractivity contribution is 0.376. The Kier molecular flexibility index (Phi) is 6.53. The second kappa shape index (κ2) is 9.32. The number of aromatic nitrogens is 2. The molecule has 0 saturated carbocycles. The maximum absolute atomic E-state index is 14.2. The fourth-order valence-electron chi connectivity index (χ4n) is 3.93. The molecular weight excluding hydrogens is 435 g/mol. The highest BCUT2D eigenvalue weighted by atomic mass is 35.5. The molecule has 31 heavy (non-hydrogen) atoms. The Hall–Kier alpha value is -2.51. The van der Waals surface area contributed by atoms with Gasteiger partial charge in [0.1, 0.15) is 11.6 Å².